The molecular formula is C19H22ClN4O7PS. The zero-order valence-electron chi connectivity index (χ0n) is 17.6. The van der Waals surface area contributed by atoms with E-state index in [1.807, 2.05) is 0 Å². The second kappa shape index (κ2) is 9.21. The van der Waals surface area contributed by atoms with Gasteiger partial charge >= 0.3 is 13.4 Å². The van der Waals surface area contributed by atoms with Gasteiger partial charge in [0.05, 0.1) is 11.0 Å². The molecule has 2 fully saturated rings. The van der Waals surface area contributed by atoms with Crippen LogP contribution in [0.4, 0.5) is 11.4 Å². The molecule has 0 saturated carbocycles. The minimum atomic E-state index is -3.65. The second-order valence-corrected chi connectivity index (χ2v) is 12.2. The number of nitrogens with one attached hydrogen (secondary N) is 1. The summed E-state index contributed by atoms with van der Waals surface area (Å²) in [6, 6.07) is 10.2. The van der Waals surface area contributed by atoms with Crippen LogP contribution in [0.2, 0.25) is 0 Å². The SMILES string of the molecule is CC(OP(=O)(N1CC1)N1CC1)c1ccc([N+](=O)[O-])c(Oc2ccc(NS(=O)(=O)CCl)cc2)c1. The summed E-state index contributed by atoms with van der Waals surface area (Å²) in [4.78, 5) is 10.9. The summed E-state index contributed by atoms with van der Waals surface area (Å²) in [5.41, 5.74) is 0.595. The zero-order valence-corrected chi connectivity index (χ0v) is 20.1. The zero-order chi connectivity index (χ0) is 23.8. The molecule has 1 unspecified atom stereocenters. The number of nitrogens with zero attached hydrogens (tertiary/aromatic N) is 3. The van der Waals surface area contributed by atoms with Gasteiger partial charge in [0.15, 0.2) is 0 Å². The van der Waals surface area contributed by atoms with Crippen molar-refractivity contribution in [1.82, 2.24) is 9.34 Å². The Labute approximate surface area is 196 Å². The van der Waals surface area contributed by atoms with Crippen LogP contribution in [0.15, 0.2) is 42.5 Å². The van der Waals surface area contributed by atoms with Gasteiger partial charge in [-0.25, -0.2) is 17.8 Å². The van der Waals surface area contributed by atoms with Gasteiger partial charge in [0.25, 0.3) is 0 Å². The van der Waals surface area contributed by atoms with Crippen LogP contribution in [0.1, 0.15) is 18.6 Å². The largest absolute Gasteiger partial charge is 0.450 e. The molecule has 0 aromatic heterocycles. The lowest BCUT2D eigenvalue weighted by molar-refractivity contribution is -0.385. The van der Waals surface area contributed by atoms with Crippen LogP contribution in [-0.4, -0.2) is 54.1 Å². The molecule has 11 nitrogen and oxygen atoms in total. The molecule has 2 heterocycles. The third kappa shape index (κ3) is 5.65. The maximum absolute atomic E-state index is 13.3. The van der Waals surface area contributed by atoms with Crippen molar-refractivity contribution in [2.75, 3.05) is 36.1 Å². The van der Waals surface area contributed by atoms with E-state index in [2.05, 4.69) is 4.72 Å². The minimum absolute atomic E-state index is 0.0182. The van der Waals surface area contributed by atoms with Gasteiger partial charge in [0.2, 0.25) is 15.8 Å². The summed E-state index contributed by atoms with van der Waals surface area (Å²) in [7, 11) is -6.73. The third-order valence-corrected chi connectivity index (χ3v) is 9.52. The number of hydrogen-bond acceptors (Lipinski definition) is 7. The topological polar surface area (TPSA) is 131 Å². The Bertz CT molecular complexity index is 1190. The number of sulfonamides is 1. The average Bonchev–Trinajstić information content (AvgIpc) is 3.66. The highest BCUT2D eigenvalue weighted by Crippen LogP contribution is 2.63. The Morgan fingerprint density at radius 3 is 2.27 bits per heavy atom. The summed E-state index contributed by atoms with van der Waals surface area (Å²) in [5.74, 6) is 0.242. The summed E-state index contributed by atoms with van der Waals surface area (Å²) in [6.45, 7) is 4.60. The van der Waals surface area contributed by atoms with E-state index in [1.54, 1.807) is 22.3 Å². The Balaban J connectivity index is 1.54. The van der Waals surface area contributed by atoms with Crippen LogP contribution in [0, 0.1) is 10.1 Å². The number of hydrogen-bond donors (Lipinski definition) is 1. The molecule has 0 amide bonds. The van der Waals surface area contributed by atoms with Gasteiger partial charge in [-0.15, -0.1) is 11.6 Å². The molecule has 1 atom stereocenters. The lowest BCUT2D eigenvalue weighted by atomic mass is 10.1. The minimum Gasteiger partial charge on any atom is -0.450 e. The van der Waals surface area contributed by atoms with E-state index < -0.39 is 33.9 Å². The number of ether oxygens (including phenoxy) is 1. The molecule has 2 aliphatic heterocycles. The summed E-state index contributed by atoms with van der Waals surface area (Å²) in [5, 5.41) is 10.9. The molecule has 178 valence electrons. The van der Waals surface area contributed by atoms with Crippen LogP contribution in [-0.2, 0) is 19.1 Å². The first kappa shape index (κ1) is 23.9. The summed E-state index contributed by atoms with van der Waals surface area (Å²) >= 11 is 5.38. The van der Waals surface area contributed by atoms with E-state index in [1.165, 1.54) is 36.4 Å². The van der Waals surface area contributed by atoms with Crippen LogP contribution in [0.5, 0.6) is 11.5 Å². The number of benzene rings is 2. The number of halogens is 1. The maximum atomic E-state index is 13.3. The van der Waals surface area contributed by atoms with Crippen molar-refractivity contribution in [1.29, 1.82) is 0 Å². The summed E-state index contributed by atoms with van der Waals surface area (Å²) in [6.07, 6.45) is -0.590. The van der Waals surface area contributed by atoms with E-state index in [0.717, 1.165) is 0 Å². The molecule has 1 N–H and O–H groups in total. The Hall–Kier alpha value is -2.21. The van der Waals surface area contributed by atoms with Crippen molar-refractivity contribution in [3.05, 3.63) is 58.1 Å². The third-order valence-electron chi connectivity index (χ3n) is 5.01. The molecule has 0 radical (unpaired) electrons. The summed E-state index contributed by atoms with van der Waals surface area (Å²) < 4.78 is 54.0. The lowest BCUT2D eigenvalue weighted by Gasteiger charge is -2.24. The van der Waals surface area contributed by atoms with E-state index in [4.69, 9.17) is 20.9 Å². The van der Waals surface area contributed by atoms with Gasteiger partial charge < -0.3 is 4.74 Å². The molecule has 2 aromatic carbocycles. The van der Waals surface area contributed by atoms with Gasteiger partial charge in [-0.2, -0.15) is 0 Å². The molecule has 0 aliphatic carbocycles. The number of nitro groups is 1. The number of rotatable bonds is 11. The van der Waals surface area contributed by atoms with Crippen LogP contribution < -0.4 is 9.46 Å². The highest BCUT2D eigenvalue weighted by atomic mass is 35.5. The number of anilines is 1. The number of nitro benzene ring substituents is 1. The fourth-order valence-corrected chi connectivity index (χ4v) is 6.18. The van der Waals surface area contributed by atoms with E-state index >= 15 is 0 Å². The van der Waals surface area contributed by atoms with Crippen molar-refractivity contribution in [2.45, 2.75) is 13.0 Å². The Morgan fingerprint density at radius 1 is 1.15 bits per heavy atom. The highest BCUT2D eigenvalue weighted by molar-refractivity contribution is 7.93. The first-order valence-corrected chi connectivity index (χ1v) is 13.7. The smallest absolute Gasteiger partial charge is 0.346 e. The quantitative estimate of drug-likeness (QED) is 0.154. The molecule has 2 aliphatic rings. The number of alkyl halides is 1. The van der Waals surface area contributed by atoms with Crippen molar-refractivity contribution in [3.63, 3.8) is 0 Å². The molecule has 33 heavy (non-hydrogen) atoms. The molecule has 4 rings (SSSR count). The van der Waals surface area contributed by atoms with Crippen molar-refractivity contribution in [2.24, 2.45) is 0 Å². The molecule has 0 spiro atoms. The van der Waals surface area contributed by atoms with Gasteiger partial charge in [0.1, 0.15) is 11.0 Å². The highest BCUT2D eigenvalue weighted by Gasteiger charge is 2.50. The second-order valence-electron chi connectivity index (χ2n) is 7.58. The van der Waals surface area contributed by atoms with Gasteiger partial charge in [0, 0.05) is 37.9 Å². The average molecular weight is 517 g/mol. The van der Waals surface area contributed by atoms with E-state index in [-0.39, 0.29) is 22.9 Å². The van der Waals surface area contributed by atoms with Gasteiger partial charge in [-0.3, -0.25) is 23.9 Å². The predicted octanol–water partition coefficient (Wildman–Crippen LogP) is 4.14. The standard InChI is InChI=1S/C19H22ClN4O7PS/c1-14(31-32(27,22-8-9-22)23-10-11-23)15-2-7-18(24(25)26)19(12-15)30-17-5-3-16(4-6-17)21-33(28,29)13-20/h2-7,12,14,21H,8-11,13H2,1H3. The fourth-order valence-electron chi connectivity index (χ4n) is 3.11. The van der Waals surface area contributed by atoms with Crippen LogP contribution in [0.3, 0.4) is 0 Å². The van der Waals surface area contributed by atoms with Crippen LogP contribution >= 0.6 is 19.3 Å². The molecular weight excluding hydrogens is 495 g/mol. The first-order chi connectivity index (χ1) is 15.6. The fraction of sp³-hybridized carbons (Fsp3) is 0.368. The van der Waals surface area contributed by atoms with Crippen molar-refractivity contribution in [3.8, 4) is 11.5 Å². The molecule has 14 heteroatoms. The maximum Gasteiger partial charge on any atom is 0.346 e. The van der Waals surface area contributed by atoms with Crippen molar-refractivity contribution < 1.29 is 27.2 Å². The molecule has 2 saturated heterocycles. The monoisotopic (exact) mass is 516 g/mol. The van der Waals surface area contributed by atoms with Gasteiger partial charge in [-0.1, -0.05) is 0 Å². The predicted molar refractivity (Wildman–Crippen MR) is 123 cm³/mol. The Morgan fingerprint density at radius 2 is 1.76 bits per heavy atom. The molecule has 0 bridgehead atoms. The van der Waals surface area contributed by atoms with E-state index in [9.17, 15) is 23.1 Å². The molecule has 2 aromatic rings. The Kier molecular flexibility index (Phi) is 6.68. The first-order valence-electron chi connectivity index (χ1n) is 10.0. The van der Waals surface area contributed by atoms with E-state index in [0.29, 0.717) is 31.7 Å². The van der Waals surface area contributed by atoms with Crippen LogP contribution in [0.25, 0.3) is 0 Å². The van der Waals surface area contributed by atoms with Crippen molar-refractivity contribution >= 4 is 40.7 Å². The van der Waals surface area contributed by atoms with Gasteiger partial charge in [-0.05, 0) is 48.9 Å². The normalized spacial score (nSPS) is 17.4. The lowest BCUT2D eigenvalue weighted by Crippen LogP contribution is -2.13.